The summed E-state index contributed by atoms with van der Waals surface area (Å²) in [5.41, 5.74) is 2.17. The van der Waals surface area contributed by atoms with Gasteiger partial charge in [0.05, 0.1) is 18.7 Å². The van der Waals surface area contributed by atoms with Crippen LogP contribution in [0.1, 0.15) is 29.7 Å². The minimum Gasteiger partial charge on any atom is -0.494 e. The Morgan fingerprint density at radius 1 is 1.29 bits per heavy atom. The lowest BCUT2D eigenvalue weighted by Gasteiger charge is -2.15. The number of hydrogen-bond acceptors (Lipinski definition) is 3. The van der Waals surface area contributed by atoms with Crippen LogP contribution >= 0.6 is 0 Å². The van der Waals surface area contributed by atoms with Crippen LogP contribution in [0, 0.1) is 17.1 Å². The molecule has 0 heterocycles. The number of nitriles is 1. The number of methoxy groups -OCH3 is 1. The van der Waals surface area contributed by atoms with Crippen molar-refractivity contribution in [3.63, 3.8) is 0 Å². The van der Waals surface area contributed by atoms with Crippen molar-refractivity contribution < 1.29 is 9.13 Å². The highest BCUT2D eigenvalue weighted by molar-refractivity contribution is 5.34. The predicted octanol–water partition coefficient (Wildman–Crippen LogP) is 3.56. The standard InChI is InChI=1S/C17H17FN2O/c1-12(14-6-3-5-13(9-14)10-19)20-11-15-7-4-8-16(21-2)17(15)18/h3-9,12,20H,11H2,1-2H3. The third-order valence-electron chi connectivity index (χ3n) is 3.38. The van der Waals surface area contributed by atoms with Gasteiger partial charge in [0.2, 0.25) is 0 Å². The van der Waals surface area contributed by atoms with E-state index in [4.69, 9.17) is 10.00 Å². The summed E-state index contributed by atoms with van der Waals surface area (Å²) in [7, 11) is 1.45. The van der Waals surface area contributed by atoms with Crippen LogP contribution in [0.15, 0.2) is 42.5 Å². The van der Waals surface area contributed by atoms with E-state index < -0.39 is 0 Å². The Morgan fingerprint density at radius 2 is 2.05 bits per heavy atom. The van der Waals surface area contributed by atoms with Crippen molar-refractivity contribution in [2.45, 2.75) is 19.5 Å². The van der Waals surface area contributed by atoms with Crippen LogP contribution in [-0.2, 0) is 6.54 Å². The Balaban J connectivity index is 2.07. The van der Waals surface area contributed by atoms with E-state index in [0.29, 0.717) is 17.7 Å². The topological polar surface area (TPSA) is 45.0 Å². The molecule has 1 atom stereocenters. The minimum absolute atomic E-state index is 0.0175. The Bertz CT molecular complexity index is 664. The summed E-state index contributed by atoms with van der Waals surface area (Å²) in [4.78, 5) is 0. The molecule has 0 fully saturated rings. The SMILES string of the molecule is COc1cccc(CNC(C)c2cccc(C#N)c2)c1F. The first kappa shape index (κ1) is 15.0. The quantitative estimate of drug-likeness (QED) is 0.913. The fourth-order valence-corrected chi connectivity index (χ4v) is 2.11. The maximum absolute atomic E-state index is 14.0. The second kappa shape index (κ2) is 6.87. The monoisotopic (exact) mass is 284 g/mol. The molecule has 2 aromatic rings. The first-order chi connectivity index (χ1) is 10.2. The third kappa shape index (κ3) is 3.59. The minimum atomic E-state index is -0.342. The van der Waals surface area contributed by atoms with Gasteiger partial charge in [-0.1, -0.05) is 24.3 Å². The average Bonchev–Trinajstić information content (AvgIpc) is 2.53. The molecule has 2 rings (SSSR count). The zero-order valence-corrected chi connectivity index (χ0v) is 12.1. The zero-order chi connectivity index (χ0) is 15.2. The molecular weight excluding hydrogens is 267 g/mol. The van der Waals surface area contributed by atoms with Crippen LogP contribution in [0.2, 0.25) is 0 Å². The molecule has 1 unspecified atom stereocenters. The van der Waals surface area contributed by atoms with Gasteiger partial charge in [-0.25, -0.2) is 4.39 Å². The molecule has 4 heteroatoms. The van der Waals surface area contributed by atoms with Crippen LogP contribution in [0.5, 0.6) is 5.75 Å². The summed E-state index contributed by atoms with van der Waals surface area (Å²) in [5.74, 6) is -0.0982. The third-order valence-corrected chi connectivity index (χ3v) is 3.38. The van der Waals surface area contributed by atoms with E-state index in [9.17, 15) is 4.39 Å². The molecule has 0 aliphatic rings. The van der Waals surface area contributed by atoms with Gasteiger partial charge in [0.25, 0.3) is 0 Å². The maximum Gasteiger partial charge on any atom is 0.169 e. The van der Waals surface area contributed by atoms with Crippen molar-refractivity contribution in [3.8, 4) is 11.8 Å². The van der Waals surface area contributed by atoms with Gasteiger partial charge in [0.15, 0.2) is 11.6 Å². The lowest BCUT2D eigenvalue weighted by atomic mass is 10.1. The van der Waals surface area contributed by atoms with E-state index in [2.05, 4.69) is 11.4 Å². The fraction of sp³-hybridized carbons (Fsp3) is 0.235. The highest BCUT2D eigenvalue weighted by Crippen LogP contribution is 2.21. The van der Waals surface area contributed by atoms with E-state index in [-0.39, 0.29) is 17.6 Å². The largest absolute Gasteiger partial charge is 0.494 e. The number of benzene rings is 2. The van der Waals surface area contributed by atoms with Gasteiger partial charge in [0.1, 0.15) is 0 Å². The molecule has 21 heavy (non-hydrogen) atoms. The zero-order valence-electron chi connectivity index (χ0n) is 12.1. The molecule has 2 aromatic carbocycles. The van der Waals surface area contributed by atoms with Crippen LogP contribution in [0.25, 0.3) is 0 Å². The molecular formula is C17H17FN2O. The summed E-state index contributed by atoms with van der Waals surface area (Å²) in [6.07, 6.45) is 0. The Morgan fingerprint density at radius 3 is 2.76 bits per heavy atom. The summed E-state index contributed by atoms with van der Waals surface area (Å²) in [5, 5.41) is 12.2. The van der Waals surface area contributed by atoms with E-state index in [1.54, 1.807) is 24.3 Å². The maximum atomic E-state index is 14.0. The van der Waals surface area contributed by atoms with Crippen LogP contribution in [0.3, 0.4) is 0 Å². The predicted molar refractivity (Wildman–Crippen MR) is 79.4 cm³/mol. The highest BCUT2D eigenvalue weighted by Gasteiger charge is 2.10. The number of halogens is 1. The number of nitrogens with one attached hydrogen (secondary N) is 1. The summed E-state index contributed by atoms with van der Waals surface area (Å²) >= 11 is 0. The van der Waals surface area contributed by atoms with Crippen molar-refractivity contribution in [2.24, 2.45) is 0 Å². The molecule has 108 valence electrons. The second-order valence-electron chi connectivity index (χ2n) is 4.77. The summed E-state index contributed by atoms with van der Waals surface area (Å²) in [6, 6.07) is 14.6. The van der Waals surface area contributed by atoms with E-state index >= 15 is 0 Å². The molecule has 0 saturated heterocycles. The number of ether oxygens (including phenoxy) is 1. The van der Waals surface area contributed by atoms with Crippen molar-refractivity contribution in [1.82, 2.24) is 5.32 Å². The lowest BCUT2D eigenvalue weighted by Crippen LogP contribution is -2.19. The Hall–Kier alpha value is -2.38. The van der Waals surface area contributed by atoms with Crippen molar-refractivity contribution in [3.05, 3.63) is 65.0 Å². The average molecular weight is 284 g/mol. The number of hydrogen-bond donors (Lipinski definition) is 1. The summed E-state index contributed by atoms with van der Waals surface area (Å²) < 4.78 is 19.0. The van der Waals surface area contributed by atoms with Gasteiger partial charge in [-0.15, -0.1) is 0 Å². The van der Waals surface area contributed by atoms with Crippen LogP contribution < -0.4 is 10.1 Å². The molecule has 0 aromatic heterocycles. The molecule has 0 bridgehead atoms. The Kier molecular flexibility index (Phi) is 4.91. The number of nitrogens with zero attached hydrogens (tertiary/aromatic N) is 1. The highest BCUT2D eigenvalue weighted by atomic mass is 19.1. The van der Waals surface area contributed by atoms with E-state index in [0.717, 1.165) is 5.56 Å². The Labute approximate surface area is 124 Å². The van der Waals surface area contributed by atoms with Gasteiger partial charge in [-0.2, -0.15) is 5.26 Å². The molecule has 0 amide bonds. The van der Waals surface area contributed by atoms with Crippen LogP contribution in [0.4, 0.5) is 4.39 Å². The van der Waals surface area contributed by atoms with E-state index in [1.165, 1.54) is 7.11 Å². The van der Waals surface area contributed by atoms with Crippen molar-refractivity contribution >= 4 is 0 Å². The fourth-order valence-electron chi connectivity index (χ4n) is 2.11. The van der Waals surface area contributed by atoms with Crippen molar-refractivity contribution in [2.75, 3.05) is 7.11 Å². The van der Waals surface area contributed by atoms with E-state index in [1.807, 2.05) is 25.1 Å². The smallest absolute Gasteiger partial charge is 0.169 e. The second-order valence-corrected chi connectivity index (χ2v) is 4.77. The van der Waals surface area contributed by atoms with Gasteiger partial charge in [-0.05, 0) is 30.7 Å². The molecule has 3 nitrogen and oxygen atoms in total. The molecule has 0 spiro atoms. The normalized spacial score (nSPS) is 11.7. The van der Waals surface area contributed by atoms with Gasteiger partial charge < -0.3 is 10.1 Å². The first-order valence-electron chi connectivity index (χ1n) is 6.70. The molecule has 0 radical (unpaired) electrons. The van der Waals surface area contributed by atoms with Gasteiger partial charge in [0, 0.05) is 18.2 Å². The van der Waals surface area contributed by atoms with Gasteiger partial charge >= 0.3 is 0 Å². The van der Waals surface area contributed by atoms with Crippen molar-refractivity contribution in [1.29, 1.82) is 5.26 Å². The van der Waals surface area contributed by atoms with Crippen LogP contribution in [-0.4, -0.2) is 7.11 Å². The molecule has 0 aliphatic heterocycles. The van der Waals surface area contributed by atoms with Gasteiger partial charge in [-0.3, -0.25) is 0 Å². The molecule has 0 saturated carbocycles. The molecule has 0 aliphatic carbocycles. The lowest BCUT2D eigenvalue weighted by molar-refractivity contribution is 0.382. The molecule has 1 N–H and O–H groups in total. The number of rotatable bonds is 5. The first-order valence-corrected chi connectivity index (χ1v) is 6.70. The summed E-state index contributed by atoms with van der Waals surface area (Å²) in [6.45, 7) is 2.37.